The van der Waals surface area contributed by atoms with E-state index in [2.05, 4.69) is 4.99 Å². The molecule has 1 nitrogen and oxygen atoms in total. The van der Waals surface area contributed by atoms with E-state index in [1.165, 1.54) is 51.4 Å². The van der Waals surface area contributed by atoms with Gasteiger partial charge in [-0.25, -0.2) is 0 Å². The van der Waals surface area contributed by atoms with Gasteiger partial charge in [0.15, 0.2) is 0 Å². The van der Waals surface area contributed by atoms with Gasteiger partial charge in [-0.2, -0.15) is 0 Å². The first-order chi connectivity index (χ1) is 7.50. The molecule has 2 heteroatoms. The summed E-state index contributed by atoms with van der Waals surface area (Å²) in [7, 11) is 0. The monoisotopic (exact) mass is 223 g/mol. The summed E-state index contributed by atoms with van der Waals surface area (Å²) in [6.45, 7) is 0. The summed E-state index contributed by atoms with van der Waals surface area (Å²) < 4.78 is 0. The molecule has 0 aromatic carbocycles. The Kier molecular flexibility index (Phi) is 8.41. The molecule has 2 rings (SSSR count). The quantitative estimate of drug-likeness (QED) is 0.568. The maximum atomic E-state index is 3.86. The van der Waals surface area contributed by atoms with Crippen LogP contribution in [0.2, 0.25) is 0 Å². The maximum absolute atomic E-state index is 3.86. The largest absolute Gasteiger partial charge is 0.264 e. The Labute approximate surface area is 97.8 Å². The van der Waals surface area contributed by atoms with Crippen molar-refractivity contribution in [2.45, 2.75) is 51.4 Å². The molecule has 0 unspecified atom stereocenters. The molecular weight excluding hydrogens is 202 g/mol. The average molecular weight is 223 g/mol. The van der Waals surface area contributed by atoms with Gasteiger partial charge >= 0.3 is 0 Å². The van der Waals surface area contributed by atoms with E-state index in [1.807, 2.05) is 16.9 Å². The van der Waals surface area contributed by atoms with Gasteiger partial charge < -0.3 is 0 Å². The van der Waals surface area contributed by atoms with Crippen molar-refractivity contribution >= 4 is 18.0 Å². The Balaban J connectivity index is 0.000000151. The van der Waals surface area contributed by atoms with Gasteiger partial charge in [-0.15, -0.1) is 11.8 Å². The standard InChI is InChI=1S/C8H16.C5H5NS/c1-2-4-6-8-7-5-3-1;1-2-6-3-5-7-4-1/h1-8H2;1-5H. The second-order valence-corrected chi connectivity index (χ2v) is 4.69. The Bertz CT molecular complexity index is 181. The summed E-state index contributed by atoms with van der Waals surface area (Å²) in [6, 6.07) is 0. The Hall–Kier alpha value is -0.500. The Morgan fingerprint density at radius 3 is 1.80 bits per heavy atom. The van der Waals surface area contributed by atoms with Gasteiger partial charge in [0.25, 0.3) is 0 Å². The highest BCUT2D eigenvalue weighted by Gasteiger charge is 1.95. The van der Waals surface area contributed by atoms with Crippen molar-refractivity contribution in [1.29, 1.82) is 0 Å². The van der Waals surface area contributed by atoms with Crippen LogP contribution in [0.15, 0.2) is 28.1 Å². The van der Waals surface area contributed by atoms with Gasteiger partial charge in [-0.3, -0.25) is 4.99 Å². The lowest BCUT2D eigenvalue weighted by atomic mass is 10.0. The molecule has 1 aliphatic heterocycles. The summed E-state index contributed by atoms with van der Waals surface area (Å²) in [5, 5.41) is 3.91. The summed E-state index contributed by atoms with van der Waals surface area (Å²) in [5.74, 6) is 0. The lowest BCUT2D eigenvalue weighted by Gasteiger charge is -2.05. The fraction of sp³-hybridized carbons (Fsp3) is 0.615. The van der Waals surface area contributed by atoms with Crippen LogP contribution in [-0.2, 0) is 0 Å². The highest BCUT2D eigenvalue weighted by molar-refractivity contribution is 8.04. The number of hydrogen-bond acceptors (Lipinski definition) is 2. The lowest BCUT2D eigenvalue weighted by Crippen LogP contribution is -1.85. The van der Waals surface area contributed by atoms with E-state index in [9.17, 15) is 0 Å². The predicted octanol–water partition coefficient (Wildman–Crippen LogP) is 4.91. The highest BCUT2D eigenvalue weighted by atomic mass is 32.2. The molecule has 1 saturated carbocycles. The summed E-state index contributed by atoms with van der Waals surface area (Å²) in [4.78, 5) is 3.86. The zero-order valence-electron chi connectivity index (χ0n) is 9.40. The molecule has 1 aliphatic carbocycles. The smallest absolute Gasteiger partial charge is 0.0334 e. The van der Waals surface area contributed by atoms with Gasteiger partial charge in [0.05, 0.1) is 0 Å². The zero-order valence-corrected chi connectivity index (χ0v) is 10.2. The molecule has 0 atom stereocenters. The number of hydrogen-bond donors (Lipinski definition) is 0. The van der Waals surface area contributed by atoms with Crippen LogP contribution in [0.25, 0.3) is 0 Å². The predicted molar refractivity (Wildman–Crippen MR) is 71.3 cm³/mol. The van der Waals surface area contributed by atoms with E-state index in [0.717, 1.165) is 0 Å². The number of aliphatic imine (C=N–C) groups is 1. The molecular formula is C13H21NS. The number of nitrogens with zero attached hydrogens (tertiary/aromatic N) is 1. The second kappa shape index (κ2) is 10.0. The molecule has 0 radical (unpaired) electrons. The molecule has 0 bridgehead atoms. The second-order valence-electron chi connectivity index (χ2n) is 3.88. The fourth-order valence-electron chi connectivity index (χ4n) is 1.71. The molecule has 84 valence electrons. The van der Waals surface area contributed by atoms with E-state index in [1.54, 1.807) is 24.2 Å². The van der Waals surface area contributed by atoms with Crippen molar-refractivity contribution in [1.82, 2.24) is 0 Å². The van der Waals surface area contributed by atoms with Crippen molar-refractivity contribution in [3.63, 3.8) is 0 Å². The van der Waals surface area contributed by atoms with Gasteiger partial charge in [0.1, 0.15) is 0 Å². The van der Waals surface area contributed by atoms with Crippen LogP contribution in [0.5, 0.6) is 0 Å². The van der Waals surface area contributed by atoms with Gasteiger partial charge in [0.2, 0.25) is 0 Å². The molecule has 2 aliphatic rings. The van der Waals surface area contributed by atoms with Crippen LogP contribution in [0.1, 0.15) is 51.4 Å². The summed E-state index contributed by atoms with van der Waals surface area (Å²) in [6.07, 6.45) is 17.4. The normalized spacial score (nSPS) is 20.8. The van der Waals surface area contributed by atoms with Gasteiger partial charge in [-0.05, 0) is 16.9 Å². The third-order valence-corrected chi connectivity index (χ3v) is 3.15. The van der Waals surface area contributed by atoms with Crippen LogP contribution >= 0.6 is 11.8 Å². The van der Waals surface area contributed by atoms with Crippen molar-refractivity contribution < 1.29 is 0 Å². The van der Waals surface area contributed by atoms with Crippen LogP contribution in [0.3, 0.4) is 0 Å². The van der Waals surface area contributed by atoms with Crippen LogP contribution in [0.4, 0.5) is 0 Å². The number of allylic oxidation sites excluding steroid dienone is 1. The topological polar surface area (TPSA) is 12.4 Å². The summed E-state index contributed by atoms with van der Waals surface area (Å²) in [5.41, 5.74) is 0. The molecule has 0 saturated heterocycles. The average Bonchev–Trinajstić information content (AvgIpc) is 2.48. The molecule has 1 heterocycles. The minimum Gasteiger partial charge on any atom is -0.264 e. The molecule has 15 heavy (non-hydrogen) atoms. The molecule has 0 spiro atoms. The van der Waals surface area contributed by atoms with Crippen LogP contribution in [0, 0.1) is 0 Å². The zero-order chi connectivity index (χ0) is 10.6. The molecule has 1 fully saturated rings. The molecule has 0 aromatic heterocycles. The Morgan fingerprint density at radius 1 is 0.733 bits per heavy atom. The first-order valence-electron chi connectivity index (χ1n) is 5.99. The molecule has 0 aromatic rings. The van der Waals surface area contributed by atoms with E-state index in [-0.39, 0.29) is 0 Å². The van der Waals surface area contributed by atoms with Gasteiger partial charge in [-0.1, -0.05) is 51.4 Å². The highest BCUT2D eigenvalue weighted by Crippen LogP contribution is 2.15. The maximum Gasteiger partial charge on any atom is 0.0334 e. The third-order valence-electron chi connectivity index (χ3n) is 2.55. The molecule has 0 N–H and O–H groups in total. The fourth-order valence-corrected chi connectivity index (χ4v) is 2.10. The minimum absolute atomic E-state index is 1.50. The van der Waals surface area contributed by atoms with Crippen molar-refractivity contribution in [3.05, 3.63) is 23.1 Å². The van der Waals surface area contributed by atoms with E-state index in [4.69, 9.17) is 0 Å². The first kappa shape index (κ1) is 12.6. The third kappa shape index (κ3) is 8.49. The van der Waals surface area contributed by atoms with E-state index >= 15 is 0 Å². The summed E-state index contributed by atoms with van der Waals surface area (Å²) >= 11 is 1.63. The van der Waals surface area contributed by atoms with Gasteiger partial charge in [0, 0.05) is 12.4 Å². The SMILES string of the molecule is C1=CSC=CN=C1.C1CCCCCCC1. The lowest BCUT2D eigenvalue weighted by molar-refractivity contribution is 0.504. The number of rotatable bonds is 0. The molecule has 0 amide bonds. The van der Waals surface area contributed by atoms with E-state index < -0.39 is 0 Å². The van der Waals surface area contributed by atoms with Crippen molar-refractivity contribution in [2.75, 3.05) is 0 Å². The number of thioether (sulfide) groups is 1. The first-order valence-corrected chi connectivity index (χ1v) is 6.93. The van der Waals surface area contributed by atoms with Crippen LogP contribution in [-0.4, -0.2) is 6.21 Å². The van der Waals surface area contributed by atoms with Crippen LogP contribution < -0.4 is 0 Å². The van der Waals surface area contributed by atoms with Crippen molar-refractivity contribution in [2.24, 2.45) is 4.99 Å². The Morgan fingerprint density at radius 2 is 1.27 bits per heavy atom. The van der Waals surface area contributed by atoms with Crippen molar-refractivity contribution in [3.8, 4) is 0 Å². The minimum atomic E-state index is 1.50. The van der Waals surface area contributed by atoms with E-state index in [0.29, 0.717) is 0 Å².